The molecule has 45 heavy (non-hydrogen) atoms. The van der Waals surface area contributed by atoms with Gasteiger partial charge in [-0.1, -0.05) is 18.2 Å². The number of likely N-dealkylation sites (N-methyl/N-ethyl adjacent to an activating group) is 2. The molecule has 2 aromatic carbocycles. The molecule has 4 bridgehead atoms. The summed E-state index contributed by atoms with van der Waals surface area (Å²) < 4.78 is 25.0. The van der Waals surface area contributed by atoms with Gasteiger partial charge in [0.15, 0.2) is 35.2 Å². The summed E-state index contributed by atoms with van der Waals surface area (Å²) in [6.07, 6.45) is 7.33. The Morgan fingerprint density at radius 1 is 0.933 bits per heavy atom. The van der Waals surface area contributed by atoms with Crippen molar-refractivity contribution < 1.29 is 34.0 Å². The molecule has 8 aliphatic rings. The number of Topliss-reactive ketones (excluding diaryl/α,β-unsaturated/α-hetero) is 1. The number of benzene rings is 2. The Morgan fingerprint density at radius 3 is 2.51 bits per heavy atom. The molecule has 10 rings (SSSR count). The highest BCUT2D eigenvalue weighted by Gasteiger charge is 2.74. The van der Waals surface area contributed by atoms with Crippen molar-refractivity contribution in [3.8, 4) is 23.0 Å². The van der Waals surface area contributed by atoms with Gasteiger partial charge >= 0.3 is 0 Å². The van der Waals surface area contributed by atoms with E-state index in [-0.39, 0.29) is 29.7 Å². The van der Waals surface area contributed by atoms with Crippen LogP contribution in [0.4, 0.5) is 0 Å². The minimum absolute atomic E-state index is 0.0152. The number of aromatic hydroxyl groups is 1. The molecule has 9 heteroatoms. The standard InChI is InChI=1S/C36H36N2O7/c1-37-12-11-35-28-18-5-8-23(39)30(28)44-33(35)29(40)19(15-36(35,41)26(37)14-18)22-16-34-20-7-10-25(43-4)32(34)45-31-24(42-3)9-6-17(27(31)34)13-21(20)38(22)2/h5-10,15,21-22,26,32-33,39,41H,11-14,16H2,1-4H3/t21-,22?,26-,32+,33+,34+,35+,36-/m1/s1. The van der Waals surface area contributed by atoms with Gasteiger partial charge in [0.1, 0.15) is 11.4 Å². The molecule has 4 heterocycles. The van der Waals surface area contributed by atoms with Crippen molar-refractivity contribution in [1.29, 1.82) is 0 Å². The molecular weight excluding hydrogens is 572 g/mol. The molecular formula is C36H36N2O7. The van der Waals surface area contributed by atoms with E-state index in [2.05, 4.69) is 36.0 Å². The van der Waals surface area contributed by atoms with Gasteiger partial charge in [-0.15, -0.1) is 0 Å². The van der Waals surface area contributed by atoms with E-state index in [9.17, 15) is 15.0 Å². The summed E-state index contributed by atoms with van der Waals surface area (Å²) in [5.74, 6) is 2.46. The van der Waals surface area contributed by atoms with E-state index in [0.29, 0.717) is 36.3 Å². The quantitative estimate of drug-likeness (QED) is 0.545. The van der Waals surface area contributed by atoms with Gasteiger partial charge in [0.25, 0.3) is 0 Å². The number of allylic oxidation sites excluding steroid dienone is 2. The first-order valence-corrected chi connectivity index (χ1v) is 16.0. The Labute approximate surface area is 261 Å². The van der Waals surface area contributed by atoms with E-state index in [4.69, 9.17) is 18.9 Å². The first kappa shape index (κ1) is 26.4. The van der Waals surface area contributed by atoms with Crippen LogP contribution in [0.1, 0.15) is 35.1 Å². The smallest absolute Gasteiger partial charge is 0.201 e. The number of likely N-dealkylation sites (tertiary alicyclic amines) is 2. The molecule has 0 radical (unpaired) electrons. The van der Waals surface area contributed by atoms with E-state index in [1.54, 1.807) is 20.3 Å². The van der Waals surface area contributed by atoms with Crippen molar-refractivity contribution >= 4 is 5.78 Å². The van der Waals surface area contributed by atoms with Crippen LogP contribution < -0.4 is 14.2 Å². The van der Waals surface area contributed by atoms with Crippen LogP contribution in [0.2, 0.25) is 0 Å². The van der Waals surface area contributed by atoms with Crippen LogP contribution in [0.15, 0.2) is 59.4 Å². The number of ether oxygens (including phenoxy) is 4. The number of piperidine rings is 2. The first-order valence-electron chi connectivity index (χ1n) is 16.0. The molecule has 9 nitrogen and oxygen atoms in total. The molecule has 2 saturated heterocycles. The Balaban J connectivity index is 1.18. The maximum absolute atomic E-state index is 14.9. The number of methoxy groups -OCH3 is 2. The highest BCUT2D eigenvalue weighted by Crippen LogP contribution is 2.67. The zero-order chi connectivity index (χ0) is 30.8. The highest BCUT2D eigenvalue weighted by molar-refractivity contribution is 6.04. The van der Waals surface area contributed by atoms with Crippen LogP contribution in [-0.4, -0.2) is 96.6 Å². The predicted octanol–water partition coefficient (Wildman–Crippen LogP) is 2.70. The van der Waals surface area contributed by atoms with Crippen molar-refractivity contribution in [2.24, 2.45) is 0 Å². The number of aliphatic hydroxyl groups is 1. The second-order valence-corrected chi connectivity index (χ2v) is 14.3. The Bertz CT molecular complexity index is 1860. The highest BCUT2D eigenvalue weighted by atomic mass is 16.6. The molecule has 1 unspecified atom stereocenters. The maximum Gasteiger partial charge on any atom is 0.201 e. The molecule has 232 valence electrons. The van der Waals surface area contributed by atoms with Crippen molar-refractivity contribution in [2.75, 3.05) is 34.9 Å². The minimum Gasteiger partial charge on any atom is -0.504 e. The zero-order valence-electron chi connectivity index (χ0n) is 25.8. The summed E-state index contributed by atoms with van der Waals surface area (Å²) in [6, 6.07) is 7.20. The summed E-state index contributed by atoms with van der Waals surface area (Å²) in [5, 5.41) is 24.0. The number of carbonyl (C=O) groups excluding carboxylic acids is 1. The second-order valence-electron chi connectivity index (χ2n) is 14.3. The van der Waals surface area contributed by atoms with Gasteiger partial charge in [0, 0.05) is 34.8 Å². The molecule has 0 aromatic heterocycles. The Hall–Kier alpha value is -3.79. The number of rotatable bonds is 3. The largest absolute Gasteiger partial charge is 0.504 e. The van der Waals surface area contributed by atoms with E-state index < -0.39 is 28.6 Å². The van der Waals surface area contributed by atoms with Crippen LogP contribution >= 0.6 is 0 Å². The molecule has 2 aromatic rings. The van der Waals surface area contributed by atoms with Crippen LogP contribution in [0.25, 0.3) is 0 Å². The van der Waals surface area contributed by atoms with Gasteiger partial charge in [0.2, 0.25) is 5.78 Å². The summed E-state index contributed by atoms with van der Waals surface area (Å²) in [6.45, 7) is 0.729. The zero-order valence-corrected chi connectivity index (χ0v) is 25.8. The van der Waals surface area contributed by atoms with Crippen LogP contribution in [0.5, 0.6) is 23.0 Å². The lowest BCUT2D eigenvalue weighted by atomic mass is 9.49. The summed E-state index contributed by atoms with van der Waals surface area (Å²) in [7, 11) is 7.50. The number of hydrogen-bond donors (Lipinski definition) is 2. The fourth-order valence-corrected chi connectivity index (χ4v) is 11.0. The van der Waals surface area contributed by atoms with E-state index >= 15 is 0 Å². The van der Waals surface area contributed by atoms with E-state index in [1.165, 1.54) is 11.1 Å². The van der Waals surface area contributed by atoms with Gasteiger partial charge in [0.05, 0.1) is 25.0 Å². The summed E-state index contributed by atoms with van der Waals surface area (Å²) >= 11 is 0. The molecule has 8 atom stereocenters. The van der Waals surface area contributed by atoms with Crippen molar-refractivity contribution in [3.63, 3.8) is 0 Å². The van der Waals surface area contributed by atoms with Crippen LogP contribution in [-0.2, 0) is 33.2 Å². The van der Waals surface area contributed by atoms with Gasteiger partial charge in [-0.3, -0.25) is 14.6 Å². The second kappa shape index (κ2) is 8.13. The lowest BCUT2D eigenvalue weighted by Gasteiger charge is -2.62. The minimum atomic E-state index is -1.35. The molecule has 2 fully saturated rings. The average Bonchev–Trinajstić information content (AvgIpc) is 3.57. The molecule has 4 aliphatic carbocycles. The molecule has 0 amide bonds. The molecule has 2 spiro atoms. The Kier molecular flexibility index (Phi) is 4.77. The van der Waals surface area contributed by atoms with Crippen LogP contribution in [0.3, 0.4) is 0 Å². The monoisotopic (exact) mass is 608 g/mol. The third-order valence-electron chi connectivity index (χ3n) is 12.9. The van der Waals surface area contributed by atoms with Gasteiger partial charge in [-0.2, -0.15) is 0 Å². The van der Waals surface area contributed by atoms with E-state index in [0.717, 1.165) is 41.2 Å². The van der Waals surface area contributed by atoms with Gasteiger partial charge < -0.3 is 29.2 Å². The maximum atomic E-state index is 14.9. The fraction of sp³-hybridized carbons (Fsp3) is 0.472. The molecule has 2 N–H and O–H groups in total. The SMILES string of the molecule is COC1=CC=C2[C@H]3Cc4ccc(OC)c5c4[C@@]2(CC(C2=C[C@@]4(O)[C@H]6Cc7ccc(O)c8c7[C@@]4(CCN6C)[C@@H](O8)C2=O)N3C)[C@H]1O5. The number of phenolic OH excluding ortho intramolecular Hbond substituents is 1. The van der Waals surface area contributed by atoms with Crippen molar-refractivity contribution in [1.82, 2.24) is 9.80 Å². The number of nitrogens with zero attached hydrogens (tertiary/aromatic N) is 2. The number of ketones is 1. The van der Waals surface area contributed by atoms with Crippen molar-refractivity contribution in [3.05, 3.63) is 81.7 Å². The first-order chi connectivity index (χ1) is 21.7. The lowest BCUT2D eigenvalue weighted by molar-refractivity contribution is -0.154. The number of hydrogen-bond acceptors (Lipinski definition) is 9. The molecule has 4 aliphatic heterocycles. The lowest BCUT2D eigenvalue weighted by Crippen LogP contribution is -2.76. The third-order valence-corrected chi connectivity index (χ3v) is 12.9. The summed E-state index contributed by atoms with van der Waals surface area (Å²) in [4.78, 5) is 19.5. The number of carbonyl (C=O) groups is 1. The van der Waals surface area contributed by atoms with E-state index in [1.807, 2.05) is 24.3 Å². The number of phenols is 1. The topological polar surface area (TPSA) is 101 Å². The average molecular weight is 609 g/mol. The fourth-order valence-electron chi connectivity index (χ4n) is 11.0. The summed E-state index contributed by atoms with van der Waals surface area (Å²) in [5.41, 5.74) is 3.21. The normalized spacial score (nSPS) is 39.5. The van der Waals surface area contributed by atoms with Gasteiger partial charge in [-0.25, -0.2) is 0 Å². The van der Waals surface area contributed by atoms with Crippen LogP contribution in [0, 0.1) is 0 Å². The van der Waals surface area contributed by atoms with Crippen molar-refractivity contribution in [2.45, 2.75) is 72.4 Å². The molecule has 0 saturated carbocycles. The van der Waals surface area contributed by atoms with Gasteiger partial charge in [-0.05, 0) is 87.3 Å². The Morgan fingerprint density at radius 2 is 1.71 bits per heavy atom. The predicted molar refractivity (Wildman–Crippen MR) is 163 cm³/mol. The third kappa shape index (κ3) is 2.67.